The predicted octanol–water partition coefficient (Wildman–Crippen LogP) is 3.80. The highest BCUT2D eigenvalue weighted by molar-refractivity contribution is 9.10. The van der Waals surface area contributed by atoms with Gasteiger partial charge < -0.3 is 0 Å². The molecule has 1 aromatic rings. The Morgan fingerprint density at radius 1 is 1.39 bits per heavy atom. The quantitative estimate of drug-likeness (QED) is 0.738. The van der Waals surface area contributed by atoms with E-state index in [1.54, 1.807) is 12.1 Å². The molecule has 0 saturated heterocycles. The first-order chi connectivity index (χ1) is 8.18. The van der Waals surface area contributed by atoms with Gasteiger partial charge in [0.25, 0.3) is 0 Å². The first kappa shape index (κ1) is 16.4. The Bertz CT molecular complexity index is 532. The van der Waals surface area contributed by atoms with E-state index < -0.39 is 10.0 Å². The Labute approximate surface area is 130 Å². The predicted molar refractivity (Wildman–Crippen MR) is 81.9 cm³/mol. The van der Waals surface area contributed by atoms with Gasteiger partial charge in [0.15, 0.2) is 0 Å². The van der Waals surface area contributed by atoms with Crippen LogP contribution in [0.5, 0.6) is 0 Å². The molecule has 102 valence electrons. The molecule has 0 atom stereocenters. The third-order valence-electron chi connectivity index (χ3n) is 2.29. The molecule has 0 saturated carbocycles. The Hall–Kier alpha value is 0.380. The summed E-state index contributed by atoms with van der Waals surface area (Å²) >= 11 is 12.5. The first-order valence-electron chi connectivity index (χ1n) is 5.19. The van der Waals surface area contributed by atoms with E-state index in [-0.39, 0.29) is 15.3 Å². The lowest BCUT2D eigenvalue weighted by Crippen LogP contribution is -2.35. The largest absolute Gasteiger partial charge is 0.242 e. The molecule has 0 heterocycles. The summed E-state index contributed by atoms with van der Waals surface area (Å²) in [6.45, 7) is 4.27. The molecule has 7 heteroatoms. The van der Waals surface area contributed by atoms with Crippen LogP contribution in [0.3, 0.4) is 0 Å². The van der Waals surface area contributed by atoms with Crippen LogP contribution in [0.1, 0.15) is 13.8 Å². The van der Waals surface area contributed by atoms with Crippen molar-refractivity contribution >= 4 is 53.5 Å². The van der Waals surface area contributed by atoms with Crippen LogP contribution in [0, 0.1) is 5.41 Å². The highest BCUT2D eigenvalue weighted by atomic mass is 79.9. The fourth-order valence-corrected chi connectivity index (χ4v) is 3.58. The van der Waals surface area contributed by atoms with Gasteiger partial charge in [0, 0.05) is 16.3 Å². The van der Waals surface area contributed by atoms with Crippen LogP contribution in [-0.2, 0) is 10.0 Å². The zero-order valence-corrected chi connectivity index (χ0v) is 14.7. The van der Waals surface area contributed by atoms with Crippen molar-refractivity contribution in [2.75, 3.05) is 11.9 Å². The molecule has 1 N–H and O–H groups in total. The lowest BCUT2D eigenvalue weighted by Gasteiger charge is -2.22. The van der Waals surface area contributed by atoms with Crippen LogP contribution < -0.4 is 4.72 Å². The van der Waals surface area contributed by atoms with Crippen LogP contribution in [0.2, 0.25) is 5.02 Å². The maximum Gasteiger partial charge on any atom is 0.242 e. The van der Waals surface area contributed by atoms with E-state index in [2.05, 4.69) is 36.6 Å². The van der Waals surface area contributed by atoms with Crippen molar-refractivity contribution in [1.82, 2.24) is 4.72 Å². The van der Waals surface area contributed by atoms with Crippen molar-refractivity contribution in [3.05, 3.63) is 27.7 Å². The number of alkyl halides is 1. The van der Waals surface area contributed by atoms with Crippen molar-refractivity contribution in [1.29, 1.82) is 0 Å². The van der Waals surface area contributed by atoms with E-state index in [4.69, 9.17) is 11.6 Å². The number of halogens is 3. The van der Waals surface area contributed by atoms with Gasteiger partial charge in [-0.15, -0.1) is 0 Å². The molecule has 0 aliphatic carbocycles. The average molecular weight is 420 g/mol. The minimum Gasteiger partial charge on any atom is -0.211 e. The van der Waals surface area contributed by atoms with Crippen molar-refractivity contribution in [3.63, 3.8) is 0 Å². The standard InChI is InChI=1S/C11H14Br2ClNO2S/c1-11(2,6-12)7-15-18(16,17)10-4-3-8(13)5-9(10)14/h3-5,15H,6-7H2,1-2H3. The maximum absolute atomic E-state index is 12.1. The molecular formula is C11H14Br2ClNO2S. The summed E-state index contributed by atoms with van der Waals surface area (Å²) in [6, 6.07) is 4.69. The summed E-state index contributed by atoms with van der Waals surface area (Å²) in [5.41, 5.74) is -0.158. The lowest BCUT2D eigenvalue weighted by atomic mass is 9.98. The summed E-state index contributed by atoms with van der Waals surface area (Å²) in [7, 11) is -3.57. The van der Waals surface area contributed by atoms with Gasteiger partial charge >= 0.3 is 0 Å². The Morgan fingerprint density at radius 3 is 2.50 bits per heavy atom. The molecule has 0 aromatic heterocycles. The first-order valence-corrected chi connectivity index (χ1v) is 8.96. The van der Waals surface area contributed by atoms with Crippen LogP contribution in [0.15, 0.2) is 27.6 Å². The number of nitrogens with one attached hydrogen (secondary N) is 1. The third-order valence-corrected chi connectivity index (χ3v) is 6.18. The Kier molecular flexibility index (Phi) is 5.68. The number of rotatable bonds is 5. The molecule has 0 aliphatic heterocycles. The van der Waals surface area contributed by atoms with Crippen LogP contribution in [-0.4, -0.2) is 20.3 Å². The molecule has 0 fully saturated rings. The second-order valence-electron chi connectivity index (χ2n) is 4.70. The second-order valence-corrected chi connectivity index (χ2v) is 8.32. The van der Waals surface area contributed by atoms with Crippen molar-refractivity contribution < 1.29 is 8.42 Å². The number of hydrogen-bond acceptors (Lipinski definition) is 2. The van der Waals surface area contributed by atoms with Gasteiger partial charge in [-0.25, -0.2) is 13.1 Å². The van der Waals surface area contributed by atoms with Gasteiger partial charge in [0.05, 0.1) is 5.02 Å². The lowest BCUT2D eigenvalue weighted by molar-refractivity contribution is 0.420. The smallest absolute Gasteiger partial charge is 0.211 e. The van der Waals surface area contributed by atoms with Gasteiger partial charge in [0.2, 0.25) is 10.0 Å². The van der Waals surface area contributed by atoms with Crippen LogP contribution in [0.25, 0.3) is 0 Å². The maximum atomic E-state index is 12.1. The van der Waals surface area contributed by atoms with Crippen LogP contribution in [0.4, 0.5) is 0 Å². The summed E-state index contributed by atoms with van der Waals surface area (Å²) < 4.78 is 27.5. The van der Waals surface area contributed by atoms with E-state index in [0.29, 0.717) is 11.9 Å². The van der Waals surface area contributed by atoms with Gasteiger partial charge in [-0.3, -0.25) is 0 Å². The van der Waals surface area contributed by atoms with E-state index in [9.17, 15) is 8.42 Å². The fourth-order valence-electron chi connectivity index (χ4n) is 1.11. The normalized spacial score (nSPS) is 12.7. The molecule has 1 rings (SSSR count). The SMILES string of the molecule is CC(C)(CBr)CNS(=O)(=O)c1ccc(Br)cc1Cl. The summed E-state index contributed by atoms with van der Waals surface area (Å²) in [5.74, 6) is 0. The molecule has 0 spiro atoms. The van der Waals surface area contributed by atoms with E-state index >= 15 is 0 Å². The molecule has 0 aliphatic rings. The zero-order chi connectivity index (χ0) is 14.0. The molecule has 0 amide bonds. The molecule has 0 unspecified atom stereocenters. The molecular weight excluding hydrogens is 405 g/mol. The van der Waals surface area contributed by atoms with E-state index in [1.165, 1.54) is 6.07 Å². The monoisotopic (exact) mass is 417 g/mol. The van der Waals surface area contributed by atoms with Crippen LogP contribution >= 0.6 is 43.5 Å². The molecule has 18 heavy (non-hydrogen) atoms. The molecule has 3 nitrogen and oxygen atoms in total. The summed E-state index contributed by atoms with van der Waals surface area (Å²) in [5, 5.41) is 0.907. The minimum atomic E-state index is -3.57. The average Bonchev–Trinajstić information content (AvgIpc) is 2.26. The van der Waals surface area contributed by atoms with Crippen molar-refractivity contribution in [2.45, 2.75) is 18.7 Å². The van der Waals surface area contributed by atoms with Crippen molar-refractivity contribution in [3.8, 4) is 0 Å². The van der Waals surface area contributed by atoms with Gasteiger partial charge in [0.1, 0.15) is 4.90 Å². The highest BCUT2D eigenvalue weighted by Crippen LogP contribution is 2.26. The highest BCUT2D eigenvalue weighted by Gasteiger charge is 2.23. The molecule has 0 bridgehead atoms. The second kappa shape index (κ2) is 6.22. The number of hydrogen-bond donors (Lipinski definition) is 1. The fraction of sp³-hybridized carbons (Fsp3) is 0.455. The van der Waals surface area contributed by atoms with E-state index in [1.807, 2.05) is 13.8 Å². The Balaban J connectivity index is 2.94. The van der Waals surface area contributed by atoms with Gasteiger partial charge in [-0.2, -0.15) is 0 Å². The summed E-state index contributed by atoms with van der Waals surface area (Å²) in [4.78, 5) is 0.0951. The topological polar surface area (TPSA) is 46.2 Å². The van der Waals surface area contributed by atoms with Crippen molar-refractivity contribution in [2.24, 2.45) is 5.41 Å². The molecule has 0 radical (unpaired) electrons. The summed E-state index contributed by atoms with van der Waals surface area (Å²) in [6.07, 6.45) is 0. The Morgan fingerprint density at radius 2 is 2.00 bits per heavy atom. The van der Waals surface area contributed by atoms with E-state index in [0.717, 1.165) is 4.47 Å². The third kappa shape index (κ3) is 4.49. The van der Waals surface area contributed by atoms with Gasteiger partial charge in [-0.1, -0.05) is 57.3 Å². The number of benzene rings is 1. The molecule has 1 aromatic carbocycles. The minimum absolute atomic E-state index is 0.0951. The number of sulfonamides is 1. The van der Waals surface area contributed by atoms with Gasteiger partial charge in [-0.05, 0) is 23.6 Å². The zero-order valence-electron chi connectivity index (χ0n) is 10.0.